The van der Waals surface area contributed by atoms with Crippen molar-refractivity contribution in [2.45, 2.75) is 56.9 Å². The van der Waals surface area contributed by atoms with Crippen LogP contribution < -0.4 is 10.2 Å². The molecule has 2 fully saturated rings. The number of aryl methyl sites for hydroxylation is 1. The second kappa shape index (κ2) is 13.5. The molecule has 8 nitrogen and oxygen atoms in total. The van der Waals surface area contributed by atoms with Gasteiger partial charge in [-0.25, -0.2) is 0 Å². The van der Waals surface area contributed by atoms with Crippen LogP contribution in [0.15, 0.2) is 85.7 Å². The third-order valence-electron chi connectivity index (χ3n) is 10.3. The molecule has 0 bridgehead atoms. The molecule has 2 atom stereocenters. The lowest BCUT2D eigenvalue weighted by molar-refractivity contribution is -0.138. The highest BCUT2D eigenvalue weighted by Gasteiger charge is 2.48. The number of fused-ring (bicyclic) bond motifs is 1. The van der Waals surface area contributed by atoms with Gasteiger partial charge in [0.15, 0.2) is 0 Å². The summed E-state index contributed by atoms with van der Waals surface area (Å²) in [5.41, 5.74) is 1.57. The third kappa shape index (κ3) is 6.80. The summed E-state index contributed by atoms with van der Waals surface area (Å²) in [6.07, 6.45) is 0.506. The highest BCUT2D eigenvalue weighted by atomic mass is 19.4. The molecule has 7 rings (SSSR count). The van der Waals surface area contributed by atoms with Crippen LogP contribution in [0.1, 0.15) is 70.2 Å². The fourth-order valence-corrected chi connectivity index (χ4v) is 8.14. The molecule has 3 aromatic carbocycles. The molecule has 2 aliphatic heterocycles. The van der Waals surface area contributed by atoms with E-state index in [2.05, 4.69) is 40.9 Å². The van der Waals surface area contributed by atoms with Gasteiger partial charge in [-0.15, -0.1) is 10.2 Å². The predicted octanol–water partition coefficient (Wildman–Crippen LogP) is 6.25. The summed E-state index contributed by atoms with van der Waals surface area (Å²) in [6.45, 7) is 6.61. The van der Waals surface area contributed by atoms with Gasteiger partial charge in [-0.3, -0.25) is 14.5 Å². The van der Waals surface area contributed by atoms with E-state index in [0.29, 0.717) is 36.7 Å². The Kier molecular flexibility index (Phi) is 9.06. The Morgan fingerprint density at radius 3 is 2.57 bits per heavy atom. The topological polar surface area (TPSA) is 83.4 Å². The average molecular weight is 693 g/mol. The standard InChI is InChI=1S/C40H39F3N6O2/c1-4-36(50)45-31-15-28(14-13-27-9-6-5-7-10-27)21-48(23-31)22-29-16-33-34(35(17-29)40(41,42)43)24-49(37(33)51)32-12-8-11-30(18-32)39(19-26(2)20-39)38-46-44-25-47(38)3/h4-12,16-18,25-26,28,31H,1,15,19-24H2,2-3H3,(H,45,50)/t26?,28-,31+,39?/m1/s1. The second-order valence-electron chi connectivity index (χ2n) is 14.1. The third-order valence-corrected chi connectivity index (χ3v) is 10.3. The van der Waals surface area contributed by atoms with Gasteiger partial charge in [0.25, 0.3) is 5.91 Å². The molecule has 3 aliphatic rings. The summed E-state index contributed by atoms with van der Waals surface area (Å²) in [5.74, 6) is 6.86. The highest BCUT2D eigenvalue weighted by molar-refractivity contribution is 6.10. The molecule has 11 heteroatoms. The maximum absolute atomic E-state index is 14.7. The number of amides is 2. The van der Waals surface area contributed by atoms with E-state index in [0.717, 1.165) is 29.8 Å². The van der Waals surface area contributed by atoms with Crippen LogP contribution in [0.3, 0.4) is 0 Å². The van der Waals surface area contributed by atoms with E-state index in [4.69, 9.17) is 0 Å². The Hall–Kier alpha value is -5.21. The van der Waals surface area contributed by atoms with E-state index in [9.17, 15) is 22.8 Å². The Labute approximate surface area is 295 Å². The van der Waals surface area contributed by atoms with Crippen LogP contribution in [-0.2, 0) is 36.5 Å². The molecule has 4 aromatic rings. The number of hydrogen-bond acceptors (Lipinski definition) is 5. The SMILES string of the molecule is C=CC(=O)N[C@H]1C[C@@H](C#Cc2ccccc2)CN(Cc2cc3c(c(C(F)(F)F)c2)CN(c2cccc(C4(c5nncn5C)CC(C)C4)c2)C3=O)C1. The van der Waals surface area contributed by atoms with Crippen molar-refractivity contribution in [1.29, 1.82) is 0 Å². The Balaban J connectivity index is 1.17. The number of rotatable bonds is 7. The van der Waals surface area contributed by atoms with Crippen LogP contribution in [-0.4, -0.2) is 50.6 Å². The number of aromatic nitrogens is 3. The van der Waals surface area contributed by atoms with Crippen LogP contribution in [0.5, 0.6) is 0 Å². The normalized spacial score (nSPS) is 23.2. The van der Waals surface area contributed by atoms with E-state index in [1.165, 1.54) is 17.0 Å². The molecule has 1 saturated heterocycles. The summed E-state index contributed by atoms with van der Waals surface area (Å²) < 4.78 is 46.0. The van der Waals surface area contributed by atoms with E-state index in [1.54, 1.807) is 18.5 Å². The lowest BCUT2D eigenvalue weighted by Crippen LogP contribution is -2.50. The van der Waals surface area contributed by atoms with Crippen molar-refractivity contribution in [1.82, 2.24) is 25.0 Å². The minimum Gasteiger partial charge on any atom is -0.349 e. The molecule has 0 spiro atoms. The Morgan fingerprint density at radius 1 is 1.10 bits per heavy atom. The fraction of sp³-hybridized carbons (Fsp3) is 0.350. The molecule has 1 N–H and O–H groups in total. The lowest BCUT2D eigenvalue weighted by atomic mass is 9.58. The summed E-state index contributed by atoms with van der Waals surface area (Å²) in [4.78, 5) is 29.7. The summed E-state index contributed by atoms with van der Waals surface area (Å²) in [6, 6.07) is 19.6. The maximum atomic E-state index is 14.7. The number of nitrogens with zero attached hydrogens (tertiary/aromatic N) is 5. The van der Waals surface area contributed by atoms with Crippen molar-refractivity contribution in [2.75, 3.05) is 18.0 Å². The van der Waals surface area contributed by atoms with Gasteiger partial charge >= 0.3 is 6.18 Å². The molecular formula is C40H39F3N6O2. The zero-order valence-electron chi connectivity index (χ0n) is 28.6. The van der Waals surface area contributed by atoms with Gasteiger partial charge in [0.2, 0.25) is 5.91 Å². The van der Waals surface area contributed by atoms with Gasteiger partial charge in [-0.1, -0.05) is 55.7 Å². The quantitative estimate of drug-likeness (QED) is 0.183. The van der Waals surface area contributed by atoms with Crippen molar-refractivity contribution in [3.63, 3.8) is 0 Å². The van der Waals surface area contributed by atoms with Gasteiger partial charge in [-0.05, 0) is 84.3 Å². The number of piperidine rings is 1. The number of carbonyl (C=O) groups excluding carboxylic acids is 2. The van der Waals surface area contributed by atoms with Crippen molar-refractivity contribution in [3.8, 4) is 11.8 Å². The Bertz CT molecular complexity index is 2040. The van der Waals surface area contributed by atoms with E-state index >= 15 is 0 Å². The molecule has 51 heavy (non-hydrogen) atoms. The minimum atomic E-state index is -4.67. The van der Waals surface area contributed by atoms with Crippen molar-refractivity contribution in [3.05, 3.63) is 125 Å². The van der Waals surface area contributed by atoms with Crippen LogP contribution in [0.25, 0.3) is 0 Å². The molecule has 0 unspecified atom stereocenters. The van der Waals surface area contributed by atoms with Crippen molar-refractivity contribution < 1.29 is 22.8 Å². The lowest BCUT2D eigenvalue weighted by Gasteiger charge is -2.46. The van der Waals surface area contributed by atoms with Gasteiger partial charge in [-0.2, -0.15) is 13.2 Å². The zero-order valence-corrected chi connectivity index (χ0v) is 28.6. The molecule has 1 aliphatic carbocycles. The van der Waals surface area contributed by atoms with Crippen LogP contribution >= 0.6 is 0 Å². The Morgan fingerprint density at radius 2 is 1.88 bits per heavy atom. The number of likely N-dealkylation sites (tertiary alicyclic amines) is 1. The molecule has 0 radical (unpaired) electrons. The van der Waals surface area contributed by atoms with Gasteiger partial charge in [0.1, 0.15) is 12.2 Å². The number of carbonyl (C=O) groups is 2. The highest BCUT2D eigenvalue weighted by Crippen LogP contribution is 2.52. The van der Waals surface area contributed by atoms with E-state index in [-0.39, 0.29) is 47.5 Å². The average Bonchev–Trinajstić information content (AvgIpc) is 3.68. The number of nitrogens with one attached hydrogen (secondary N) is 1. The van der Waals surface area contributed by atoms with Crippen molar-refractivity contribution >= 4 is 17.5 Å². The smallest absolute Gasteiger partial charge is 0.349 e. The van der Waals surface area contributed by atoms with Gasteiger partial charge in [0.05, 0.1) is 17.5 Å². The van der Waals surface area contributed by atoms with Gasteiger partial charge in [0, 0.05) is 55.5 Å². The number of hydrogen-bond donors (Lipinski definition) is 1. The first-order valence-electron chi connectivity index (χ1n) is 17.2. The summed E-state index contributed by atoms with van der Waals surface area (Å²) >= 11 is 0. The maximum Gasteiger partial charge on any atom is 0.416 e. The van der Waals surface area contributed by atoms with Crippen LogP contribution in [0.2, 0.25) is 0 Å². The number of anilines is 1. The zero-order chi connectivity index (χ0) is 35.9. The molecular weight excluding hydrogens is 653 g/mol. The fourth-order valence-electron chi connectivity index (χ4n) is 8.14. The molecule has 1 aromatic heterocycles. The van der Waals surface area contributed by atoms with Gasteiger partial charge < -0.3 is 14.8 Å². The molecule has 3 heterocycles. The van der Waals surface area contributed by atoms with Crippen molar-refractivity contribution in [2.24, 2.45) is 18.9 Å². The monoisotopic (exact) mass is 692 g/mol. The van der Waals surface area contributed by atoms with E-state index < -0.39 is 17.6 Å². The van der Waals surface area contributed by atoms with E-state index in [1.807, 2.05) is 65.0 Å². The molecule has 262 valence electrons. The number of halogens is 3. The molecule has 1 saturated carbocycles. The first kappa shape index (κ1) is 34.2. The number of benzene rings is 3. The summed E-state index contributed by atoms with van der Waals surface area (Å²) in [7, 11) is 1.90. The largest absolute Gasteiger partial charge is 0.416 e. The first-order valence-corrected chi connectivity index (χ1v) is 17.2. The van der Waals surface area contributed by atoms with Crippen LogP contribution in [0, 0.1) is 23.7 Å². The minimum absolute atomic E-state index is 0.0247. The second-order valence-corrected chi connectivity index (χ2v) is 14.1. The molecule has 2 amide bonds. The number of alkyl halides is 3. The first-order chi connectivity index (χ1) is 24.4. The van der Waals surface area contributed by atoms with Crippen LogP contribution in [0.4, 0.5) is 18.9 Å². The summed E-state index contributed by atoms with van der Waals surface area (Å²) in [5, 5.41) is 11.5. The predicted molar refractivity (Wildman–Crippen MR) is 187 cm³/mol.